The van der Waals surface area contributed by atoms with Crippen molar-refractivity contribution in [1.82, 2.24) is 0 Å². The van der Waals surface area contributed by atoms with E-state index in [4.69, 9.17) is 9.66 Å². The zero-order chi connectivity index (χ0) is 8.48. The van der Waals surface area contributed by atoms with Gasteiger partial charge in [0.05, 0.1) is 4.90 Å². The Morgan fingerprint density at radius 1 is 1.08 bits per heavy atom. The normalized spacial score (nSPS) is 10.4. The van der Waals surface area contributed by atoms with Crippen molar-refractivity contribution in [3.63, 3.8) is 0 Å². The van der Waals surface area contributed by atoms with Crippen LogP contribution in [0.15, 0.2) is 29.2 Å². The van der Waals surface area contributed by atoms with Gasteiger partial charge in [0.1, 0.15) is 5.75 Å². The molecule has 0 saturated heterocycles. The fraction of sp³-hybridized carbons (Fsp3) is 0. The summed E-state index contributed by atoms with van der Waals surface area (Å²) in [5, 5.41) is 8.75. The average molecular weight is 214 g/mol. The van der Waals surface area contributed by atoms with Crippen LogP contribution >= 0.6 is 0 Å². The van der Waals surface area contributed by atoms with E-state index in [0.717, 1.165) is 12.1 Å². The molecule has 0 fully saturated rings. The van der Waals surface area contributed by atoms with Crippen molar-refractivity contribution in [3.05, 3.63) is 24.3 Å². The van der Waals surface area contributed by atoms with Crippen molar-refractivity contribution in [2.24, 2.45) is 0 Å². The van der Waals surface area contributed by atoms with Crippen LogP contribution in [-0.4, -0.2) is 69.5 Å². The number of benzene rings is 1. The van der Waals surface area contributed by atoms with Gasteiger partial charge >= 0.3 is 51.4 Å². The molecular weight excluding hydrogens is 207 g/mol. The van der Waals surface area contributed by atoms with Gasteiger partial charge in [-0.1, -0.05) is 0 Å². The summed E-state index contributed by atoms with van der Waals surface area (Å²) in [4.78, 5) is -0.227. The summed E-state index contributed by atoms with van der Waals surface area (Å²) in [5.74, 6) is -0.0441. The standard InChI is InChI=1S/C6H6O4S.K.H/c7-5-1-3-6(4-2-5)11(8,9)10;;/h1-4,7H,(H,8,9,10);;. The zero-order valence-electron chi connectivity index (χ0n) is 5.43. The molecule has 0 bridgehead atoms. The molecule has 0 unspecified atom stereocenters. The summed E-state index contributed by atoms with van der Waals surface area (Å²) >= 11 is 0. The molecule has 1 rings (SSSR count). The van der Waals surface area contributed by atoms with Gasteiger partial charge in [0.15, 0.2) is 0 Å². The average Bonchev–Trinajstić information content (AvgIpc) is 1.86. The fourth-order valence-corrected chi connectivity index (χ4v) is 1.10. The molecule has 2 N–H and O–H groups in total. The number of hydrogen-bond donors (Lipinski definition) is 2. The molecule has 12 heavy (non-hydrogen) atoms. The number of phenolic OH excluding ortho intramolecular Hbond substituents is 1. The van der Waals surface area contributed by atoms with Crippen LogP contribution in [0.25, 0.3) is 0 Å². The van der Waals surface area contributed by atoms with Crippen LogP contribution in [0.1, 0.15) is 0 Å². The van der Waals surface area contributed by atoms with Gasteiger partial charge in [-0.05, 0) is 24.3 Å². The Morgan fingerprint density at radius 3 is 1.83 bits per heavy atom. The van der Waals surface area contributed by atoms with Crippen LogP contribution in [0.5, 0.6) is 5.75 Å². The Hall–Kier alpha value is 0.566. The Balaban J connectivity index is 0.00000121. The molecule has 0 aromatic heterocycles. The van der Waals surface area contributed by atoms with E-state index < -0.39 is 10.1 Å². The van der Waals surface area contributed by atoms with E-state index >= 15 is 0 Å². The van der Waals surface area contributed by atoms with Gasteiger partial charge in [0, 0.05) is 0 Å². The molecule has 1 aromatic rings. The monoisotopic (exact) mass is 214 g/mol. The minimum absolute atomic E-state index is 0. The van der Waals surface area contributed by atoms with Crippen molar-refractivity contribution >= 4 is 61.5 Å². The molecule has 0 radical (unpaired) electrons. The zero-order valence-corrected chi connectivity index (χ0v) is 6.25. The van der Waals surface area contributed by atoms with Crippen LogP contribution in [0.3, 0.4) is 0 Å². The van der Waals surface area contributed by atoms with Crippen LogP contribution in [-0.2, 0) is 10.1 Å². The SMILES string of the molecule is O=S(=O)(O)c1ccc(O)cc1.[KH]. The van der Waals surface area contributed by atoms with Crippen LogP contribution in [0.2, 0.25) is 0 Å². The van der Waals surface area contributed by atoms with E-state index in [1.165, 1.54) is 12.1 Å². The summed E-state index contributed by atoms with van der Waals surface area (Å²) in [6.45, 7) is 0. The molecule has 0 saturated carbocycles. The van der Waals surface area contributed by atoms with E-state index in [2.05, 4.69) is 0 Å². The van der Waals surface area contributed by atoms with Crippen molar-refractivity contribution in [2.45, 2.75) is 4.90 Å². The second-order valence-electron chi connectivity index (χ2n) is 1.97. The molecule has 0 heterocycles. The summed E-state index contributed by atoms with van der Waals surface area (Å²) < 4.78 is 29.3. The third-order valence-electron chi connectivity index (χ3n) is 1.13. The topological polar surface area (TPSA) is 74.6 Å². The van der Waals surface area contributed by atoms with E-state index in [-0.39, 0.29) is 62.0 Å². The molecule has 0 aliphatic carbocycles. The van der Waals surface area contributed by atoms with E-state index in [0.29, 0.717) is 0 Å². The molecule has 0 atom stereocenters. The van der Waals surface area contributed by atoms with Gasteiger partial charge in [-0.25, -0.2) is 0 Å². The molecule has 62 valence electrons. The third kappa shape index (κ3) is 3.52. The summed E-state index contributed by atoms with van der Waals surface area (Å²) in [5.41, 5.74) is 0. The van der Waals surface area contributed by atoms with E-state index in [9.17, 15) is 8.42 Å². The van der Waals surface area contributed by atoms with Crippen LogP contribution in [0, 0.1) is 0 Å². The maximum absolute atomic E-state index is 10.4. The Kier molecular flexibility index (Phi) is 4.93. The van der Waals surface area contributed by atoms with Gasteiger partial charge < -0.3 is 5.11 Å². The first kappa shape index (κ1) is 12.6. The van der Waals surface area contributed by atoms with Gasteiger partial charge in [-0.15, -0.1) is 0 Å². The number of rotatable bonds is 1. The summed E-state index contributed by atoms with van der Waals surface area (Å²) in [6.07, 6.45) is 0. The first-order valence-corrected chi connectivity index (χ1v) is 4.21. The predicted octanol–water partition coefficient (Wildman–Crippen LogP) is -0.00960. The van der Waals surface area contributed by atoms with E-state index in [1.807, 2.05) is 0 Å². The third-order valence-corrected chi connectivity index (χ3v) is 2.00. The molecule has 6 heteroatoms. The second kappa shape index (κ2) is 4.71. The van der Waals surface area contributed by atoms with Crippen molar-refractivity contribution in [2.75, 3.05) is 0 Å². The Bertz CT molecular complexity index is 342. The van der Waals surface area contributed by atoms with Crippen LogP contribution < -0.4 is 0 Å². The first-order chi connectivity index (χ1) is 5.00. The van der Waals surface area contributed by atoms with Gasteiger partial charge in [-0.2, -0.15) is 8.42 Å². The Labute approximate surface area is 113 Å². The van der Waals surface area contributed by atoms with Gasteiger partial charge in [0.25, 0.3) is 10.1 Å². The van der Waals surface area contributed by atoms with Crippen LogP contribution in [0.4, 0.5) is 0 Å². The molecular formula is C6H7KO4S. The van der Waals surface area contributed by atoms with Gasteiger partial charge in [-0.3, -0.25) is 4.55 Å². The molecule has 1 aromatic carbocycles. The van der Waals surface area contributed by atoms with Gasteiger partial charge in [0.2, 0.25) is 0 Å². The molecule has 0 aliphatic rings. The Morgan fingerprint density at radius 2 is 1.50 bits per heavy atom. The van der Waals surface area contributed by atoms with E-state index in [1.54, 1.807) is 0 Å². The summed E-state index contributed by atoms with van der Waals surface area (Å²) in [6, 6.07) is 4.60. The molecule has 4 nitrogen and oxygen atoms in total. The number of phenols is 1. The second-order valence-corrected chi connectivity index (χ2v) is 3.39. The number of aromatic hydroxyl groups is 1. The molecule has 0 amide bonds. The van der Waals surface area contributed by atoms with Crippen molar-refractivity contribution in [1.29, 1.82) is 0 Å². The quantitative estimate of drug-likeness (QED) is 0.509. The maximum atomic E-state index is 10.4. The first-order valence-electron chi connectivity index (χ1n) is 2.77. The number of hydrogen-bond acceptors (Lipinski definition) is 3. The van der Waals surface area contributed by atoms with Crippen molar-refractivity contribution in [3.8, 4) is 5.75 Å². The summed E-state index contributed by atoms with van der Waals surface area (Å²) in [7, 11) is -4.13. The molecule has 0 spiro atoms. The minimum atomic E-state index is -4.13. The predicted molar refractivity (Wildman–Crippen MR) is 45.1 cm³/mol. The van der Waals surface area contributed by atoms with Crippen molar-refractivity contribution < 1.29 is 18.1 Å². The molecule has 0 aliphatic heterocycles. The fourth-order valence-electron chi connectivity index (χ4n) is 0.618.